The molecule has 1 saturated carbocycles. The van der Waals surface area contributed by atoms with Gasteiger partial charge in [0, 0.05) is 23.9 Å². The predicted molar refractivity (Wildman–Crippen MR) is 147 cm³/mol. The Bertz CT molecular complexity index is 1390. The van der Waals surface area contributed by atoms with Crippen molar-refractivity contribution in [3.63, 3.8) is 0 Å². The molecular weight excluding hydrogens is 474 g/mol. The van der Waals surface area contributed by atoms with E-state index in [9.17, 15) is 9.59 Å². The van der Waals surface area contributed by atoms with E-state index in [1.54, 1.807) is 7.05 Å². The summed E-state index contributed by atoms with van der Waals surface area (Å²) in [6, 6.07) is 14.9. The predicted octanol–water partition coefficient (Wildman–Crippen LogP) is 5.12. The average molecular weight is 510 g/mol. The van der Waals surface area contributed by atoms with Gasteiger partial charge < -0.3 is 4.74 Å². The molecule has 38 heavy (non-hydrogen) atoms. The molecule has 1 atom stereocenters. The number of aliphatic imine (C=N–C) groups is 1. The highest BCUT2D eigenvalue weighted by Gasteiger charge is 2.66. The van der Waals surface area contributed by atoms with E-state index in [0.29, 0.717) is 5.92 Å². The normalized spacial score (nSPS) is 23.3. The van der Waals surface area contributed by atoms with Gasteiger partial charge in [-0.05, 0) is 100 Å². The maximum absolute atomic E-state index is 14.4. The second-order valence-corrected chi connectivity index (χ2v) is 12.3. The minimum Gasteiger partial charge on any atom is -0.444 e. The van der Waals surface area contributed by atoms with E-state index in [-0.39, 0.29) is 11.9 Å². The maximum atomic E-state index is 14.4. The van der Waals surface area contributed by atoms with Gasteiger partial charge in [-0.2, -0.15) is 0 Å². The first-order valence-corrected chi connectivity index (χ1v) is 13.7. The number of hydrogen-bond donors (Lipinski definition) is 1. The van der Waals surface area contributed by atoms with E-state index in [0.717, 1.165) is 48.8 Å². The molecule has 6 nitrogen and oxygen atoms in total. The zero-order valence-electron chi connectivity index (χ0n) is 22.7. The third-order valence-corrected chi connectivity index (χ3v) is 8.48. The van der Waals surface area contributed by atoms with E-state index in [4.69, 9.17) is 9.73 Å². The van der Waals surface area contributed by atoms with Crippen molar-refractivity contribution in [2.24, 2.45) is 16.3 Å². The lowest BCUT2D eigenvalue weighted by atomic mass is 9.65. The molecule has 1 heterocycles. The van der Waals surface area contributed by atoms with Crippen LogP contribution >= 0.6 is 0 Å². The first-order chi connectivity index (χ1) is 18.1. The average Bonchev–Trinajstić information content (AvgIpc) is 3.64. The van der Waals surface area contributed by atoms with Crippen molar-refractivity contribution >= 4 is 18.0 Å². The van der Waals surface area contributed by atoms with Crippen molar-refractivity contribution < 1.29 is 14.3 Å². The molecule has 0 bridgehead atoms. The molecule has 0 aromatic heterocycles. The molecule has 6 rings (SSSR count). The van der Waals surface area contributed by atoms with Crippen LogP contribution in [0.2, 0.25) is 0 Å². The fourth-order valence-electron chi connectivity index (χ4n) is 6.44. The number of rotatable bonds is 0. The van der Waals surface area contributed by atoms with Crippen LogP contribution in [0.4, 0.5) is 4.79 Å². The van der Waals surface area contributed by atoms with Crippen LogP contribution in [0, 0.1) is 23.2 Å². The summed E-state index contributed by atoms with van der Waals surface area (Å²) in [6.45, 7) is 5.44. The van der Waals surface area contributed by atoms with E-state index < -0.39 is 22.6 Å². The van der Waals surface area contributed by atoms with Crippen molar-refractivity contribution in [2.75, 3.05) is 7.05 Å². The van der Waals surface area contributed by atoms with Crippen LogP contribution in [0.1, 0.15) is 74.3 Å². The smallest absolute Gasteiger partial charge is 0.414 e. The molecule has 1 fully saturated rings. The Morgan fingerprint density at radius 3 is 2.39 bits per heavy atom. The van der Waals surface area contributed by atoms with Crippen LogP contribution in [0.3, 0.4) is 0 Å². The number of likely N-dealkylation sites (N-methyl/N-ethyl adjacent to an activating group) is 1. The van der Waals surface area contributed by atoms with Gasteiger partial charge >= 0.3 is 6.09 Å². The van der Waals surface area contributed by atoms with Crippen molar-refractivity contribution in [3.8, 4) is 11.8 Å². The van der Waals surface area contributed by atoms with Gasteiger partial charge in [-0.25, -0.2) is 9.79 Å². The molecule has 196 valence electrons. The third kappa shape index (κ3) is 4.09. The van der Waals surface area contributed by atoms with Gasteiger partial charge in [0.05, 0.1) is 0 Å². The summed E-state index contributed by atoms with van der Waals surface area (Å²) in [4.78, 5) is 33.8. The minimum atomic E-state index is -1.11. The number of benzene rings is 2. The fraction of sp³-hybridized carbons (Fsp3) is 0.469. The quantitative estimate of drug-likeness (QED) is 0.501. The zero-order chi connectivity index (χ0) is 26.7. The number of alkyl carbamates (subject to hydrolysis) is 1. The molecule has 1 aliphatic heterocycles. The first kappa shape index (κ1) is 24.7. The topological polar surface area (TPSA) is 71.0 Å². The van der Waals surface area contributed by atoms with E-state index in [1.807, 2.05) is 20.8 Å². The molecule has 2 aromatic rings. The Morgan fingerprint density at radius 2 is 1.76 bits per heavy atom. The fourth-order valence-corrected chi connectivity index (χ4v) is 6.44. The summed E-state index contributed by atoms with van der Waals surface area (Å²) in [5.41, 5.74) is 3.53. The number of amides is 2. The van der Waals surface area contributed by atoms with Crippen LogP contribution in [-0.2, 0) is 34.3 Å². The molecule has 0 radical (unpaired) electrons. The third-order valence-electron chi connectivity index (χ3n) is 8.48. The van der Waals surface area contributed by atoms with Crippen LogP contribution < -0.4 is 5.32 Å². The molecule has 1 N–H and O–H groups in total. The van der Waals surface area contributed by atoms with E-state index in [2.05, 4.69) is 59.6 Å². The Kier molecular flexibility index (Phi) is 5.68. The largest absolute Gasteiger partial charge is 0.444 e. The second-order valence-electron chi connectivity index (χ2n) is 12.3. The lowest BCUT2D eigenvalue weighted by Gasteiger charge is -2.40. The maximum Gasteiger partial charge on any atom is 0.414 e. The molecule has 4 aliphatic rings. The summed E-state index contributed by atoms with van der Waals surface area (Å²) < 4.78 is 5.50. The van der Waals surface area contributed by atoms with Gasteiger partial charge in [-0.1, -0.05) is 42.2 Å². The van der Waals surface area contributed by atoms with Gasteiger partial charge in [0.25, 0.3) is 5.91 Å². The van der Waals surface area contributed by atoms with Crippen molar-refractivity contribution in [3.05, 3.63) is 70.3 Å². The standard InChI is InChI=1S/C32H35N3O3/c1-30(2,3)38-29(37)33-28-34-32(27(36)35(28)4)26-19-22(12-11-21-9-10-21)13-14-25(26)20-31(32)17-15-23-7-5-6-8-24(23)16-18-31/h5-8,13-14,19,21H,9-10,15-18,20H2,1-4H3,(H,33,34,37). The highest BCUT2D eigenvalue weighted by molar-refractivity contribution is 6.12. The number of nitrogens with one attached hydrogen (secondary N) is 1. The SMILES string of the molecule is CN1C(=O)C2(N=C1NC(=O)OC(C)(C)C)c1cc(C#CC3CC3)ccc1CC21CCc2ccccc2CC1. The summed E-state index contributed by atoms with van der Waals surface area (Å²) in [7, 11) is 1.70. The van der Waals surface area contributed by atoms with Gasteiger partial charge in [0.2, 0.25) is 5.96 Å². The Labute approximate surface area is 224 Å². The van der Waals surface area contributed by atoms with E-state index in [1.165, 1.54) is 28.9 Å². The van der Waals surface area contributed by atoms with Crippen molar-refractivity contribution in [1.29, 1.82) is 0 Å². The Morgan fingerprint density at radius 1 is 1.08 bits per heavy atom. The van der Waals surface area contributed by atoms with Crippen LogP contribution in [0.25, 0.3) is 0 Å². The number of nitrogens with zero attached hydrogens (tertiary/aromatic N) is 2. The number of hydrogen-bond acceptors (Lipinski definition) is 4. The highest BCUT2D eigenvalue weighted by atomic mass is 16.6. The number of carbonyl (C=O) groups is 2. The highest BCUT2D eigenvalue weighted by Crippen LogP contribution is 2.60. The molecular formula is C32H35N3O3. The lowest BCUT2D eigenvalue weighted by Crippen LogP contribution is -2.50. The number of aryl methyl sites for hydroxylation is 2. The summed E-state index contributed by atoms with van der Waals surface area (Å²) in [5, 5.41) is 2.78. The second kappa shape index (κ2) is 8.73. The van der Waals surface area contributed by atoms with Crippen LogP contribution in [0.15, 0.2) is 47.5 Å². The number of carbonyl (C=O) groups excluding carboxylic acids is 2. The van der Waals surface area contributed by atoms with Gasteiger partial charge in [0.1, 0.15) is 5.60 Å². The number of guanidine groups is 1. The summed E-state index contributed by atoms with van der Waals surface area (Å²) in [6.07, 6.45) is 5.95. The lowest BCUT2D eigenvalue weighted by molar-refractivity contribution is -0.135. The van der Waals surface area contributed by atoms with Crippen LogP contribution in [-0.4, -0.2) is 35.5 Å². The molecule has 1 unspecified atom stereocenters. The van der Waals surface area contributed by atoms with Gasteiger partial charge in [0.15, 0.2) is 5.54 Å². The Balaban J connectivity index is 1.46. The van der Waals surface area contributed by atoms with Gasteiger partial charge in [-0.3, -0.25) is 15.0 Å². The molecule has 2 spiro atoms. The molecule has 0 saturated heterocycles. The van der Waals surface area contributed by atoms with Crippen LogP contribution in [0.5, 0.6) is 0 Å². The van der Waals surface area contributed by atoms with Gasteiger partial charge in [-0.15, -0.1) is 0 Å². The summed E-state index contributed by atoms with van der Waals surface area (Å²) >= 11 is 0. The summed E-state index contributed by atoms with van der Waals surface area (Å²) in [5.74, 6) is 7.34. The number of ether oxygens (including phenoxy) is 1. The molecule has 3 aliphatic carbocycles. The zero-order valence-corrected chi connectivity index (χ0v) is 22.7. The monoisotopic (exact) mass is 509 g/mol. The van der Waals surface area contributed by atoms with Crippen molar-refractivity contribution in [1.82, 2.24) is 10.2 Å². The molecule has 2 amide bonds. The minimum absolute atomic E-state index is 0.0967. The first-order valence-electron chi connectivity index (χ1n) is 13.7. The Hall–Kier alpha value is -3.59. The van der Waals surface area contributed by atoms with E-state index >= 15 is 0 Å². The molecule has 6 heteroatoms. The molecule has 2 aromatic carbocycles. The van der Waals surface area contributed by atoms with Crippen molar-refractivity contribution in [2.45, 2.75) is 76.9 Å². The number of fused-ring (bicyclic) bond motifs is 4.